The van der Waals surface area contributed by atoms with Crippen LogP contribution in [0.15, 0.2) is 64.6 Å². The van der Waals surface area contributed by atoms with Gasteiger partial charge in [0.25, 0.3) is 11.6 Å². The largest absolute Gasteiger partial charge is 0.493 e. The number of nitro groups is 1. The smallest absolute Gasteiger partial charge is 0.269 e. The average molecular weight is 577 g/mol. The van der Waals surface area contributed by atoms with Crippen molar-refractivity contribution in [2.45, 2.75) is 6.61 Å². The Kier molecular flexibility index (Phi) is 8.71. The van der Waals surface area contributed by atoms with Crippen LogP contribution < -0.4 is 14.8 Å². The van der Waals surface area contributed by atoms with Crippen LogP contribution in [-0.4, -0.2) is 17.9 Å². The van der Waals surface area contributed by atoms with Crippen molar-refractivity contribution in [2.75, 3.05) is 12.4 Å². The predicted octanol–water partition coefficient (Wildman–Crippen LogP) is 6.80. The number of halogens is 3. The second-order valence-electron chi connectivity index (χ2n) is 7.00. The van der Waals surface area contributed by atoms with E-state index in [9.17, 15) is 20.2 Å². The zero-order valence-corrected chi connectivity index (χ0v) is 21.1. The number of anilines is 1. The lowest BCUT2D eigenvalue weighted by Gasteiger charge is -2.14. The van der Waals surface area contributed by atoms with E-state index in [4.69, 9.17) is 32.7 Å². The second-order valence-corrected chi connectivity index (χ2v) is 8.67. The first-order valence-corrected chi connectivity index (χ1v) is 11.4. The van der Waals surface area contributed by atoms with Crippen LogP contribution in [0.25, 0.3) is 6.08 Å². The highest BCUT2D eigenvalue weighted by Crippen LogP contribution is 2.38. The molecule has 0 saturated carbocycles. The van der Waals surface area contributed by atoms with Crippen LogP contribution in [0.4, 0.5) is 11.4 Å². The molecular weight excluding hydrogens is 561 g/mol. The number of hydrogen-bond donors (Lipinski definition) is 1. The molecule has 3 aromatic rings. The minimum Gasteiger partial charge on any atom is -0.493 e. The molecule has 1 amide bonds. The van der Waals surface area contributed by atoms with Gasteiger partial charge in [0, 0.05) is 17.8 Å². The molecule has 0 atom stereocenters. The zero-order valence-electron chi connectivity index (χ0n) is 18.1. The van der Waals surface area contributed by atoms with Gasteiger partial charge in [0.2, 0.25) is 0 Å². The number of nitriles is 1. The summed E-state index contributed by atoms with van der Waals surface area (Å²) in [5.74, 6) is 0.121. The summed E-state index contributed by atoms with van der Waals surface area (Å²) >= 11 is 15.3. The van der Waals surface area contributed by atoms with E-state index in [2.05, 4.69) is 21.2 Å². The summed E-state index contributed by atoms with van der Waals surface area (Å²) in [4.78, 5) is 22.9. The molecule has 11 heteroatoms. The van der Waals surface area contributed by atoms with Crippen LogP contribution >= 0.6 is 39.1 Å². The Morgan fingerprint density at radius 1 is 1.17 bits per heavy atom. The van der Waals surface area contributed by atoms with Crippen molar-refractivity contribution in [3.8, 4) is 17.6 Å². The highest BCUT2D eigenvalue weighted by molar-refractivity contribution is 9.10. The molecule has 1 N–H and O–H groups in total. The van der Waals surface area contributed by atoms with Crippen LogP contribution in [-0.2, 0) is 11.4 Å². The fourth-order valence-corrected chi connectivity index (χ4v) is 3.79. The van der Waals surface area contributed by atoms with Crippen LogP contribution in [0, 0.1) is 21.4 Å². The maximum absolute atomic E-state index is 12.6. The molecule has 0 fully saturated rings. The number of rotatable bonds is 8. The minimum absolute atomic E-state index is 0.0138. The predicted molar refractivity (Wildman–Crippen MR) is 137 cm³/mol. The molecule has 0 aliphatic carbocycles. The number of ether oxygens (including phenoxy) is 2. The fourth-order valence-electron chi connectivity index (χ4n) is 2.92. The fraction of sp³-hybridized carbons (Fsp3) is 0.0833. The molecule has 0 aliphatic rings. The molecule has 0 saturated heterocycles. The van der Waals surface area contributed by atoms with Gasteiger partial charge in [-0.1, -0.05) is 23.2 Å². The van der Waals surface area contributed by atoms with E-state index in [0.29, 0.717) is 32.2 Å². The third-order valence-electron chi connectivity index (χ3n) is 4.64. The van der Waals surface area contributed by atoms with Gasteiger partial charge in [0.1, 0.15) is 18.2 Å². The van der Waals surface area contributed by atoms with Crippen molar-refractivity contribution in [1.29, 1.82) is 5.26 Å². The van der Waals surface area contributed by atoms with E-state index in [-0.39, 0.29) is 22.9 Å². The van der Waals surface area contributed by atoms with E-state index in [1.54, 1.807) is 30.3 Å². The van der Waals surface area contributed by atoms with E-state index >= 15 is 0 Å². The molecule has 0 heterocycles. The van der Waals surface area contributed by atoms with E-state index in [1.165, 1.54) is 37.5 Å². The van der Waals surface area contributed by atoms with Crippen LogP contribution in [0.2, 0.25) is 10.0 Å². The highest BCUT2D eigenvalue weighted by Gasteiger charge is 2.15. The van der Waals surface area contributed by atoms with Crippen molar-refractivity contribution in [3.05, 3.63) is 95.9 Å². The molecule has 0 spiro atoms. The van der Waals surface area contributed by atoms with Crippen LogP contribution in [0.1, 0.15) is 11.1 Å². The lowest BCUT2D eigenvalue weighted by molar-refractivity contribution is -0.384. The van der Waals surface area contributed by atoms with Gasteiger partial charge < -0.3 is 14.8 Å². The molecule has 0 bridgehead atoms. The maximum Gasteiger partial charge on any atom is 0.269 e. The third kappa shape index (κ3) is 6.73. The Labute approximate surface area is 219 Å². The number of carbonyl (C=O) groups excluding carboxylic acids is 1. The van der Waals surface area contributed by atoms with Crippen molar-refractivity contribution in [3.63, 3.8) is 0 Å². The van der Waals surface area contributed by atoms with Crippen LogP contribution in [0.5, 0.6) is 11.5 Å². The Balaban J connectivity index is 1.79. The van der Waals surface area contributed by atoms with Gasteiger partial charge in [-0.3, -0.25) is 14.9 Å². The van der Waals surface area contributed by atoms with E-state index < -0.39 is 10.8 Å². The molecule has 8 nitrogen and oxygen atoms in total. The van der Waals surface area contributed by atoms with Gasteiger partial charge in [0.05, 0.1) is 26.6 Å². The number of nitro benzene ring substituents is 1. The van der Waals surface area contributed by atoms with Gasteiger partial charge in [-0.15, -0.1) is 0 Å². The Bertz CT molecular complexity index is 1350. The summed E-state index contributed by atoms with van der Waals surface area (Å²) in [6.07, 6.45) is 1.40. The van der Waals surface area contributed by atoms with Crippen molar-refractivity contribution in [2.24, 2.45) is 0 Å². The summed E-state index contributed by atoms with van der Waals surface area (Å²) in [6, 6.07) is 15.7. The van der Waals surface area contributed by atoms with Gasteiger partial charge in [0.15, 0.2) is 11.5 Å². The Morgan fingerprint density at radius 2 is 1.89 bits per heavy atom. The molecule has 178 valence electrons. The topological polar surface area (TPSA) is 114 Å². The first-order valence-electron chi connectivity index (χ1n) is 9.83. The normalized spacial score (nSPS) is 10.9. The number of benzene rings is 3. The van der Waals surface area contributed by atoms with E-state index in [1.807, 2.05) is 6.07 Å². The highest BCUT2D eigenvalue weighted by atomic mass is 79.9. The SMILES string of the molecule is COc1cc(/C=C(\C#N)C(=O)Nc2ccc(Cl)c(Cl)c2)cc(Br)c1OCc1ccc([N+](=O)[O-])cc1. The van der Waals surface area contributed by atoms with Crippen molar-refractivity contribution in [1.82, 2.24) is 0 Å². The summed E-state index contributed by atoms with van der Waals surface area (Å²) in [7, 11) is 1.45. The average Bonchev–Trinajstić information content (AvgIpc) is 2.84. The lowest BCUT2D eigenvalue weighted by atomic mass is 10.1. The molecular formula is C24H16BrCl2N3O5. The Morgan fingerprint density at radius 3 is 2.49 bits per heavy atom. The lowest BCUT2D eigenvalue weighted by Crippen LogP contribution is -2.13. The first kappa shape index (κ1) is 26.0. The quantitative estimate of drug-likeness (QED) is 0.136. The van der Waals surface area contributed by atoms with Crippen molar-refractivity contribution < 1.29 is 19.2 Å². The Hall–Kier alpha value is -3.58. The number of nitrogens with one attached hydrogen (secondary N) is 1. The number of nitrogens with zero attached hydrogens (tertiary/aromatic N) is 2. The first-order chi connectivity index (χ1) is 16.7. The summed E-state index contributed by atoms with van der Waals surface area (Å²) < 4.78 is 11.8. The maximum atomic E-state index is 12.6. The molecule has 0 aliphatic heterocycles. The molecule has 0 unspecified atom stereocenters. The van der Waals surface area contributed by atoms with Gasteiger partial charge in [-0.2, -0.15) is 5.26 Å². The summed E-state index contributed by atoms with van der Waals surface area (Å²) in [5.41, 5.74) is 1.46. The number of carbonyl (C=O) groups is 1. The number of non-ortho nitro benzene ring substituents is 1. The third-order valence-corrected chi connectivity index (χ3v) is 5.96. The molecule has 0 radical (unpaired) electrons. The van der Waals surface area contributed by atoms with Gasteiger partial charge >= 0.3 is 0 Å². The summed E-state index contributed by atoms with van der Waals surface area (Å²) in [6.45, 7) is 0.137. The number of amides is 1. The second kappa shape index (κ2) is 11.7. The van der Waals surface area contributed by atoms with Gasteiger partial charge in [-0.05, 0) is 75.6 Å². The zero-order chi connectivity index (χ0) is 25.5. The minimum atomic E-state index is -0.625. The van der Waals surface area contributed by atoms with Crippen LogP contribution in [0.3, 0.4) is 0 Å². The molecule has 35 heavy (non-hydrogen) atoms. The molecule has 0 aromatic heterocycles. The molecule has 3 aromatic carbocycles. The van der Waals surface area contributed by atoms with Gasteiger partial charge in [-0.25, -0.2) is 0 Å². The van der Waals surface area contributed by atoms with E-state index in [0.717, 1.165) is 5.56 Å². The monoisotopic (exact) mass is 575 g/mol. The standard InChI is InChI=1S/C24H16BrCl2N3O5/c1-34-22-10-15(8-16(12-28)24(31)29-17-4-7-20(26)21(27)11-17)9-19(25)23(22)35-13-14-2-5-18(6-3-14)30(32)33/h2-11H,13H2,1H3,(H,29,31)/b16-8+. The molecule has 3 rings (SSSR count). The van der Waals surface area contributed by atoms with Crippen molar-refractivity contribution >= 4 is 62.5 Å². The summed E-state index contributed by atoms with van der Waals surface area (Å²) in [5, 5.41) is 23.5. The number of hydrogen-bond acceptors (Lipinski definition) is 6. The number of methoxy groups -OCH3 is 1.